The van der Waals surface area contributed by atoms with Crippen LogP contribution in [0.15, 0.2) is 78.9 Å². The van der Waals surface area contributed by atoms with E-state index in [9.17, 15) is 14.7 Å². The quantitative estimate of drug-likeness (QED) is 0.495. The number of aryl methyl sites for hydroxylation is 1. The van der Waals surface area contributed by atoms with Gasteiger partial charge in [0.15, 0.2) is 0 Å². The summed E-state index contributed by atoms with van der Waals surface area (Å²) in [6.45, 7) is 1.90. The first-order valence-electron chi connectivity index (χ1n) is 10.1. The van der Waals surface area contributed by atoms with Crippen LogP contribution in [0.3, 0.4) is 0 Å². The maximum absolute atomic E-state index is 13.1. The number of hydrogen-bond acceptors (Lipinski definition) is 3. The molecule has 1 heterocycles. The monoisotopic (exact) mass is 413 g/mol. The summed E-state index contributed by atoms with van der Waals surface area (Å²) in [5.74, 6) is -0.531. The molecule has 0 atom stereocenters. The molecule has 3 aromatic carbocycles. The predicted octanol–water partition coefficient (Wildman–Crippen LogP) is 4.10. The minimum atomic E-state index is -1.04. The maximum atomic E-state index is 13.1. The molecule has 0 bridgehead atoms. The number of carbonyl (C=O) groups excluding carboxylic acids is 1. The molecule has 0 radical (unpaired) electrons. The normalized spacial score (nSPS) is 10.9. The summed E-state index contributed by atoms with van der Waals surface area (Å²) >= 11 is 0. The molecule has 0 unspecified atom stereocenters. The van der Waals surface area contributed by atoms with Crippen LogP contribution in [0.25, 0.3) is 16.7 Å². The number of para-hydroxylation sites is 1. The molecule has 4 rings (SSSR count). The van der Waals surface area contributed by atoms with Crippen LogP contribution >= 0.6 is 0 Å². The molecule has 0 saturated heterocycles. The lowest BCUT2D eigenvalue weighted by Gasteiger charge is -2.21. The Morgan fingerprint density at radius 2 is 1.65 bits per heavy atom. The van der Waals surface area contributed by atoms with Crippen LogP contribution in [0.1, 0.15) is 21.7 Å². The maximum Gasteiger partial charge on any atom is 0.323 e. The highest BCUT2D eigenvalue weighted by molar-refractivity contribution is 5.98. The third-order valence-electron chi connectivity index (χ3n) is 5.21. The van der Waals surface area contributed by atoms with E-state index in [4.69, 9.17) is 0 Å². The van der Waals surface area contributed by atoms with Crippen LogP contribution in [0.4, 0.5) is 0 Å². The van der Waals surface area contributed by atoms with Crippen molar-refractivity contribution in [2.75, 3.05) is 13.1 Å². The Hall–Kier alpha value is -3.93. The first kappa shape index (κ1) is 20.3. The lowest BCUT2D eigenvalue weighted by atomic mass is 10.1. The van der Waals surface area contributed by atoms with Gasteiger partial charge in [-0.05, 0) is 49.2 Å². The standard InChI is InChI=1S/C25H23N3O3/c1-18-26-22-16-20(12-13-23(22)28(18)21-10-6-3-7-11-21)25(31)27(17-24(29)30)15-14-19-8-4-2-5-9-19/h2-13,16H,14-15,17H2,1H3,(H,29,30). The summed E-state index contributed by atoms with van der Waals surface area (Å²) < 4.78 is 2.04. The van der Waals surface area contributed by atoms with Crippen LogP contribution in [0.5, 0.6) is 0 Å². The molecule has 0 saturated carbocycles. The van der Waals surface area contributed by atoms with E-state index in [1.54, 1.807) is 12.1 Å². The zero-order valence-electron chi connectivity index (χ0n) is 17.2. The number of carboxylic acid groups (broad SMARTS) is 1. The second-order valence-corrected chi connectivity index (χ2v) is 7.39. The second-order valence-electron chi connectivity index (χ2n) is 7.39. The minimum absolute atomic E-state index is 0.313. The van der Waals surface area contributed by atoms with E-state index in [0.29, 0.717) is 24.0 Å². The average Bonchev–Trinajstić information content (AvgIpc) is 3.12. The number of amides is 1. The minimum Gasteiger partial charge on any atom is -0.480 e. The Labute approximate surface area is 180 Å². The summed E-state index contributed by atoms with van der Waals surface area (Å²) in [5.41, 5.74) is 4.08. The summed E-state index contributed by atoms with van der Waals surface area (Å²) in [6, 6.07) is 25.0. The summed E-state index contributed by atoms with van der Waals surface area (Å²) in [7, 11) is 0. The summed E-state index contributed by atoms with van der Waals surface area (Å²) in [6.07, 6.45) is 0.587. The number of fused-ring (bicyclic) bond motifs is 1. The van der Waals surface area contributed by atoms with Crippen LogP contribution in [0, 0.1) is 6.92 Å². The van der Waals surface area contributed by atoms with Gasteiger partial charge >= 0.3 is 5.97 Å². The van der Waals surface area contributed by atoms with Gasteiger partial charge in [0.1, 0.15) is 12.4 Å². The van der Waals surface area contributed by atoms with Crippen molar-refractivity contribution in [3.8, 4) is 5.69 Å². The Morgan fingerprint density at radius 1 is 0.968 bits per heavy atom. The SMILES string of the molecule is Cc1nc2cc(C(=O)N(CCc3ccccc3)CC(=O)O)ccc2n1-c1ccccc1. The number of benzene rings is 3. The van der Waals surface area contributed by atoms with E-state index in [1.165, 1.54) is 4.90 Å². The molecule has 156 valence electrons. The molecule has 1 aromatic heterocycles. The second kappa shape index (κ2) is 8.83. The largest absolute Gasteiger partial charge is 0.480 e. The third kappa shape index (κ3) is 4.48. The number of carbonyl (C=O) groups is 2. The molecular weight excluding hydrogens is 390 g/mol. The van der Waals surface area contributed by atoms with E-state index < -0.39 is 5.97 Å². The molecule has 0 spiro atoms. The van der Waals surface area contributed by atoms with Crippen molar-refractivity contribution in [1.29, 1.82) is 0 Å². The van der Waals surface area contributed by atoms with Gasteiger partial charge in [0.25, 0.3) is 5.91 Å². The van der Waals surface area contributed by atoms with Gasteiger partial charge in [0.2, 0.25) is 0 Å². The number of aromatic nitrogens is 2. The smallest absolute Gasteiger partial charge is 0.323 e. The van der Waals surface area contributed by atoms with E-state index in [1.807, 2.05) is 78.2 Å². The topological polar surface area (TPSA) is 75.4 Å². The van der Waals surface area contributed by atoms with E-state index in [-0.39, 0.29) is 12.5 Å². The first-order valence-corrected chi connectivity index (χ1v) is 10.1. The van der Waals surface area contributed by atoms with Crippen molar-refractivity contribution >= 4 is 22.9 Å². The molecule has 0 aliphatic carbocycles. The number of nitrogens with zero attached hydrogens (tertiary/aromatic N) is 3. The molecule has 6 nitrogen and oxygen atoms in total. The molecule has 0 aliphatic rings. The van der Waals surface area contributed by atoms with Gasteiger partial charge in [0.05, 0.1) is 11.0 Å². The fraction of sp³-hybridized carbons (Fsp3) is 0.160. The van der Waals surface area contributed by atoms with Crippen molar-refractivity contribution in [2.24, 2.45) is 0 Å². The lowest BCUT2D eigenvalue weighted by Crippen LogP contribution is -2.37. The van der Waals surface area contributed by atoms with Gasteiger partial charge in [-0.1, -0.05) is 48.5 Å². The predicted molar refractivity (Wildman–Crippen MR) is 119 cm³/mol. The number of aliphatic carboxylic acids is 1. The van der Waals surface area contributed by atoms with E-state index >= 15 is 0 Å². The van der Waals surface area contributed by atoms with Crippen LogP contribution in [0.2, 0.25) is 0 Å². The van der Waals surface area contributed by atoms with Crippen molar-refractivity contribution in [3.63, 3.8) is 0 Å². The van der Waals surface area contributed by atoms with Gasteiger partial charge in [0, 0.05) is 17.8 Å². The fourth-order valence-electron chi connectivity index (χ4n) is 3.74. The molecule has 4 aromatic rings. The van der Waals surface area contributed by atoms with Gasteiger partial charge in [-0.15, -0.1) is 0 Å². The van der Waals surface area contributed by atoms with E-state index in [2.05, 4.69) is 4.98 Å². The van der Waals surface area contributed by atoms with Gasteiger partial charge in [-0.2, -0.15) is 0 Å². The number of hydrogen-bond donors (Lipinski definition) is 1. The van der Waals surface area contributed by atoms with Gasteiger partial charge in [-0.25, -0.2) is 4.98 Å². The summed E-state index contributed by atoms with van der Waals surface area (Å²) in [4.78, 5) is 30.5. The highest BCUT2D eigenvalue weighted by Gasteiger charge is 2.20. The molecule has 1 N–H and O–H groups in total. The number of imidazole rings is 1. The van der Waals surface area contributed by atoms with Crippen molar-refractivity contribution < 1.29 is 14.7 Å². The van der Waals surface area contributed by atoms with Crippen molar-refractivity contribution in [2.45, 2.75) is 13.3 Å². The van der Waals surface area contributed by atoms with Crippen molar-refractivity contribution in [1.82, 2.24) is 14.5 Å². The highest BCUT2D eigenvalue weighted by Crippen LogP contribution is 2.23. The Balaban J connectivity index is 1.62. The van der Waals surface area contributed by atoms with Crippen LogP contribution in [-0.4, -0.2) is 44.5 Å². The molecule has 0 aliphatic heterocycles. The van der Waals surface area contributed by atoms with Crippen LogP contribution in [-0.2, 0) is 11.2 Å². The zero-order chi connectivity index (χ0) is 21.8. The molecule has 1 amide bonds. The van der Waals surface area contributed by atoms with Crippen molar-refractivity contribution in [3.05, 3.63) is 95.8 Å². The molecular formula is C25H23N3O3. The average molecular weight is 413 g/mol. The highest BCUT2D eigenvalue weighted by atomic mass is 16.4. The number of rotatable bonds is 7. The molecule has 0 fully saturated rings. The lowest BCUT2D eigenvalue weighted by molar-refractivity contribution is -0.137. The summed E-state index contributed by atoms with van der Waals surface area (Å²) in [5, 5.41) is 9.30. The number of carboxylic acids is 1. The Bertz CT molecular complexity index is 1220. The first-order chi connectivity index (χ1) is 15.0. The van der Waals surface area contributed by atoms with E-state index in [0.717, 1.165) is 22.6 Å². The third-order valence-corrected chi connectivity index (χ3v) is 5.21. The van der Waals surface area contributed by atoms with Gasteiger partial charge in [-0.3, -0.25) is 14.2 Å². The Morgan fingerprint density at radius 3 is 2.32 bits per heavy atom. The van der Waals surface area contributed by atoms with Gasteiger partial charge < -0.3 is 10.0 Å². The Kier molecular flexibility index (Phi) is 5.80. The molecule has 6 heteroatoms. The van der Waals surface area contributed by atoms with Crippen LogP contribution < -0.4 is 0 Å². The fourth-order valence-corrected chi connectivity index (χ4v) is 3.74. The zero-order valence-corrected chi connectivity index (χ0v) is 17.2. The molecule has 31 heavy (non-hydrogen) atoms.